The number of fused-ring (bicyclic) bond motifs is 1. The molecule has 2 aromatic heterocycles. The highest BCUT2D eigenvalue weighted by Gasteiger charge is 2.32. The van der Waals surface area contributed by atoms with Crippen LogP contribution in [0.2, 0.25) is 0 Å². The number of aromatic nitrogens is 3. The van der Waals surface area contributed by atoms with Crippen LogP contribution in [0.5, 0.6) is 0 Å². The van der Waals surface area contributed by atoms with E-state index in [9.17, 15) is 17.6 Å². The Morgan fingerprint density at radius 1 is 1.10 bits per heavy atom. The summed E-state index contributed by atoms with van der Waals surface area (Å²) in [4.78, 5) is 24.2. The predicted octanol–water partition coefficient (Wildman–Crippen LogP) is 1.84. The molecule has 0 aliphatic carbocycles. The van der Waals surface area contributed by atoms with E-state index in [0.29, 0.717) is 35.7 Å². The monoisotopic (exact) mass is 566 g/mol. The highest BCUT2D eigenvalue weighted by Crippen LogP contribution is 2.26. The molecule has 0 spiro atoms. The first-order valence-electron chi connectivity index (χ1n) is 12.9. The lowest BCUT2D eigenvalue weighted by Gasteiger charge is -2.15. The third kappa shape index (κ3) is 6.06. The first kappa shape index (κ1) is 27.5. The lowest BCUT2D eigenvalue weighted by molar-refractivity contribution is 0.343. The van der Waals surface area contributed by atoms with E-state index in [1.807, 2.05) is 24.3 Å². The summed E-state index contributed by atoms with van der Waals surface area (Å²) in [5.41, 5.74) is 14.0. The second kappa shape index (κ2) is 11.6. The quantitative estimate of drug-likeness (QED) is 0.129. The van der Waals surface area contributed by atoms with Crippen LogP contribution in [0.4, 0.5) is 4.39 Å². The molecule has 11 nitrogen and oxygen atoms in total. The van der Waals surface area contributed by atoms with Crippen molar-refractivity contribution in [3.63, 3.8) is 0 Å². The molecule has 0 radical (unpaired) electrons. The van der Waals surface area contributed by atoms with Crippen LogP contribution in [0, 0.1) is 0 Å². The number of halogens is 1. The molecule has 5 rings (SSSR count). The van der Waals surface area contributed by atoms with Crippen molar-refractivity contribution in [3.05, 3.63) is 76.8 Å². The van der Waals surface area contributed by atoms with Gasteiger partial charge >= 0.3 is 0 Å². The van der Waals surface area contributed by atoms with Crippen LogP contribution < -0.4 is 22.3 Å². The number of sulfonamides is 1. The molecule has 1 aliphatic heterocycles. The Balaban J connectivity index is 1.28. The summed E-state index contributed by atoms with van der Waals surface area (Å²) in [5.74, 6) is 0.461. The zero-order valence-electron chi connectivity index (χ0n) is 21.8. The molecule has 40 heavy (non-hydrogen) atoms. The molecule has 1 atom stereocenters. The van der Waals surface area contributed by atoms with Crippen LogP contribution >= 0.6 is 0 Å². The molecule has 1 saturated heterocycles. The van der Waals surface area contributed by atoms with Gasteiger partial charge in [0.1, 0.15) is 6.17 Å². The van der Waals surface area contributed by atoms with Crippen LogP contribution in [-0.4, -0.2) is 65.4 Å². The van der Waals surface area contributed by atoms with Crippen molar-refractivity contribution in [2.24, 2.45) is 16.5 Å². The number of alkyl halides is 1. The van der Waals surface area contributed by atoms with E-state index in [4.69, 9.17) is 11.5 Å². The average Bonchev–Trinajstić information content (AvgIpc) is 3.57. The summed E-state index contributed by atoms with van der Waals surface area (Å²) in [6, 6.07) is 14.0. The molecule has 3 heterocycles. The third-order valence-corrected chi connectivity index (χ3v) is 8.63. The van der Waals surface area contributed by atoms with Gasteiger partial charge in [-0.2, -0.15) is 4.31 Å². The fourth-order valence-electron chi connectivity index (χ4n) is 4.60. The Kier molecular flexibility index (Phi) is 7.96. The van der Waals surface area contributed by atoms with Crippen LogP contribution in [-0.2, 0) is 16.6 Å². The van der Waals surface area contributed by atoms with E-state index >= 15 is 0 Å². The maximum Gasteiger partial charge on any atom is 0.260 e. The van der Waals surface area contributed by atoms with Crippen molar-refractivity contribution in [1.29, 1.82) is 0 Å². The summed E-state index contributed by atoms with van der Waals surface area (Å²) in [7, 11) is -3.75. The fourth-order valence-corrected chi connectivity index (χ4v) is 6.08. The van der Waals surface area contributed by atoms with E-state index in [-0.39, 0.29) is 35.9 Å². The minimum Gasteiger partial charge on any atom is -0.370 e. The molecular weight excluding hydrogens is 535 g/mol. The normalized spacial score (nSPS) is 16.0. The van der Waals surface area contributed by atoms with Crippen molar-refractivity contribution in [2.45, 2.75) is 30.5 Å². The number of hydrogen-bond acceptors (Lipinski definition) is 6. The summed E-state index contributed by atoms with van der Waals surface area (Å²) in [5, 5.41) is 3.33. The van der Waals surface area contributed by atoms with Crippen LogP contribution in [0.1, 0.15) is 18.4 Å². The van der Waals surface area contributed by atoms with Gasteiger partial charge in [0, 0.05) is 44.1 Å². The minimum atomic E-state index is -3.75. The molecular formula is C27H31FN8O3S. The minimum absolute atomic E-state index is 0.0922. The number of aliphatic imine (C=N–C) groups is 1. The Morgan fingerprint density at radius 2 is 1.82 bits per heavy atom. The fraction of sp³-hybridized carbons (Fsp3) is 0.296. The average molecular weight is 567 g/mol. The number of rotatable bonds is 10. The summed E-state index contributed by atoms with van der Waals surface area (Å²) >= 11 is 0. The van der Waals surface area contributed by atoms with Crippen molar-refractivity contribution < 1.29 is 12.8 Å². The van der Waals surface area contributed by atoms with Crippen LogP contribution in [0.3, 0.4) is 0 Å². The molecule has 210 valence electrons. The standard InChI is InChI=1S/C27H31FN8O3S/c28-21-10-13-36(15-21)40(38,39)22-8-6-20(7-9-22)24-17-35-16-23(25(37)34-27(35)33-24)19-4-2-18(3-5-19)14-31-11-1-12-32-26(29)30/h2-9,16-17,21,31H,1,10-15H2,(H4,29,30,32)(H,33,34,37). The van der Waals surface area contributed by atoms with Gasteiger partial charge in [0.2, 0.25) is 15.8 Å². The number of guanidine groups is 1. The van der Waals surface area contributed by atoms with E-state index in [1.165, 1.54) is 16.4 Å². The summed E-state index contributed by atoms with van der Waals surface area (Å²) in [6.45, 7) is 2.08. The molecule has 0 bridgehead atoms. The molecule has 1 aliphatic rings. The topological polar surface area (TPSA) is 164 Å². The Morgan fingerprint density at radius 3 is 2.50 bits per heavy atom. The van der Waals surface area contributed by atoms with Crippen LogP contribution in [0.25, 0.3) is 28.2 Å². The second-order valence-corrected chi connectivity index (χ2v) is 11.6. The van der Waals surface area contributed by atoms with Gasteiger partial charge < -0.3 is 16.8 Å². The number of H-pyrrole nitrogens is 1. The largest absolute Gasteiger partial charge is 0.370 e. The zero-order chi connectivity index (χ0) is 28.3. The SMILES string of the molecule is NC(N)=NCCCNCc1ccc(-c2cn3cc(-c4ccc(S(=O)(=O)N5CCC(F)C5)cc4)nc3[nH]c2=O)cc1. The molecule has 1 unspecified atom stereocenters. The Bertz CT molecular complexity index is 1680. The van der Waals surface area contributed by atoms with Gasteiger partial charge in [0.25, 0.3) is 5.56 Å². The van der Waals surface area contributed by atoms with E-state index < -0.39 is 16.2 Å². The van der Waals surface area contributed by atoms with Gasteiger partial charge in [-0.1, -0.05) is 36.4 Å². The number of nitrogens with one attached hydrogen (secondary N) is 2. The van der Waals surface area contributed by atoms with Crippen molar-refractivity contribution in [3.8, 4) is 22.4 Å². The zero-order valence-corrected chi connectivity index (χ0v) is 22.6. The van der Waals surface area contributed by atoms with Crippen molar-refractivity contribution >= 4 is 21.8 Å². The first-order valence-corrected chi connectivity index (χ1v) is 14.4. The van der Waals surface area contributed by atoms with Crippen molar-refractivity contribution in [2.75, 3.05) is 26.2 Å². The lowest BCUT2D eigenvalue weighted by Crippen LogP contribution is -2.29. The number of aromatic amines is 1. The molecule has 2 aromatic carbocycles. The molecule has 1 fully saturated rings. The Labute approximate surface area is 230 Å². The van der Waals surface area contributed by atoms with Crippen molar-refractivity contribution in [1.82, 2.24) is 24.0 Å². The maximum atomic E-state index is 13.5. The smallest absolute Gasteiger partial charge is 0.260 e. The second-order valence-electron chi connectivity index (χ2n) is 9.66. The number of benzene rings is 2. The summed E-state index contributed by atoms with van der Waals surface area (Å²) < 4.78 is 42.0. The van der Waals surface area contributed by atoms with E-state index in [0.717, 1.165) is 24.1 Å². The van der Waals surface area contributed by atoms with E-state index in [1.54, 1.807) is 28.9 Å². The number of imidazole rings is 1. The number of nitrogens with zero attached hydrogens (tertiary/aromatic N) is 4. The molecule has 0 amide bonds. The Hall–Kier alpha value is -4.07. The van der Waals surface area contributed by atoms with Crippen LogP contribution in [0.15, 0.2) is 75.6 Å². The van der Waals surface area contributed by atoms with Gasteiger partial charge in [-0.05, 0) is 42.6 Å². The molecule has 4 aromatic rings. The van der Waals surface area contributed by atoms with Gasteiger partial charge in [-0.15, -0.1) is 0 Å². The maximum absolute atomic E-state index is 13.5. The number of nitrogens with two attached hydrogens (primary N) is 2. The predicted molar refractivity (Wildman–Crippen MR) is 152 cm³/mol. The van der Waals surface area contributed by atoms with Gasteiger partial charge in [-0.3, -0.25) is 19.2 Å². The lowest BCUT2D eigenvalue weighted by atomic mass is 10.1. The third-order valence-electron chi connectivity index (χ3n) is 6.75. The van der Waals surface area contributed by atoms with Gasteiger partial charge in [-0.25, -0.2) is 17.8 Å². The number of hydrogen-bond donors (Lipinski definition) is 4. The molecule has 13 heteroatoms. The molecule has 6 N–H and O–H groups in total. The van der Waals surface area contributed by atoms with E-state index in [2.05, 4.69) is 20.3 Å². The highest BCUT2D eigenvalue weighted by atomic mass is 32.2. The summed E-state index contributed by atoms with van der Waals surface area (Å²) in [6.07, 6.45) is 3.39. The molecule has 0 saturated carbocycles. The van der Waals surface area contributed by atoms with Gasteiger partial charge in [0.05, 0.1) is 16.2 Å². The van der Waals surface area contributed by atoms with Gasteiger partial charge in [0.15, 0.2) is 5.96 Å². The first-order chi connectivity index (χ1) is 19.2. The highest BCUT2D eigenvalue weighted by molar-refractivity contribution is 7.89.